The van der Waals surface area contributed by atoms with E-state index < -0.39 is 0 Å². The zero-order chi connectivity index (χ0) is 18.2. The lowest BCUT2D eigenvalue weighted by Crippen LogP contribution is -2.36. The smallest absolute Gasteiger partial charge is 0.258 e. The first-order valence-corrected chi connectivity index (χ1v) is 8.47. The molecule has 2 aromatic carbocycles. The Balaban J connectivity index is 1.93. The highest BCUT2D eigenvalue weighted by atomic mass is 16.2. The number of hydrogen-bond donors (Lipinski definition) is 2. The molecule has 0 aliphatic rings. The van der Waals surface area contributed by atoms with Crippen molar-refractivity contribution in [3.05, 3.63) is 60.2 Å². The van der Waals surface area contributed by atoms with E-state index in [1.807, 2.05) is 56.3 Å². The minimum atomic E-state index is -0.0766. The maximum atomic E-state index is 12.5. The van der Waals surface area contributed by atoms with Crippen LogP contribution in [0.4, 0.5) is 11.4 Å². The zero-order valence-corrected chi connectivity index (χ0v) is 15.0. The van der Waals surface area contributed by atoms with Gasteiger partial charge >= 0.3 is 0 Å². The molecule has 0 aliphatic heterocycles. The number of carbonyl (C=O) groups excluding carboxylic acids is 2. The average molecular weight is 339 g/mol. The highest BCUT2D eigenvalue weighted by Crippen LogP contribution is 2.16. The number of anilines is 2. The van der Waals surface area contributed by atoms with Gasteiger partial charge in [-0.1, -0.05) is 25.1 Å². The Bertz CT molecular complexity index is 699. The zero-order valence-electron chi connectivity index (χ0n) is 15.0. The van der Waals surface area contributed by atoms with E-state index in [4.69, 9.17) is 0 Å². The van der Waals surface area contributed by atoms with Crippen molar-refractivity contribution in [2.75, 3.05) is 23.8 Å². The second-order valence-corrected chi connectivity index (χ2v) is 6.01. The van der Waals surface area contributed by atoms with Crippen molar-refractivity contribution in [1.82, 2.24) is 5.32 Å². The van der Waals surface area contributed by atoms with Crippen LogP contribution in [0, 0.1) is 0 Å². The van der Waals surface area contributed by atoms with E-state index in [1.54, 1.807) is 24.1 Å². The van der Waals surface area contributed by atoms with Gasteiger partial charge in [-0.3, -0.25) is 9.59 Å². The lowest BCUT2D eigenvalue weighted by molar-refractivity contribution is -0.120. The van der Waals surface area contributed by atoms with E-state index >= 15 is 0 Å². The largest absolute Gasteiger partial charge is 0.376 e. The summed E-state index contributed by atoms with van der Waals surface area (Å²) in [6.07, 6.45) is 0.900. The summed E-state index contributed by atoms with van der Waals surface area (Å²) in [4.78, 5) is 25.9. The van der Waals surface area contributed by atoms with Crippen LogP contribution >= 0.6 is 0 Å². The monoisotopic (exact) mass is 339 g/mol. The number of carbonyl (C=O) groups is 2. The van der Waals surface area contributed by atoms with Crippen LogP contribution in [-0.4, -0.2) is 31.4 Å². The molecule has 1 atom stereocenters. The lowest BCUT2D eigenvalue weighted by atomic mass is 10.1. The van der Waals surface area contributed by atoms with Crippen LogP contribution in [0.15, 0.2) is 54.6 Å². The average Bonchev–Trinajstić information content (AvgIpc) is 2.66. The van der Waals surface area contributed by atoms with Crippen molar-refractivity contribution in [3.8, 4) is 0 Å². The topological polar surface area (TPSA) is 61.4 Å². The quantitative estimate of drug-likeness (QED) is 0.814. The molecule has 0 saturated heterocycles. The van der Waals surface area contributed by atoms with Crippen molar-refractivity contribution in [1.29, 1.82) is 0 Å². The van der Waals surface area contributed by atoms with Crippen LogP contribution in [0.25, 0.3) is 0 Å². The molecule has 5 nitrogen and oxygen atoms in total. The Kier molecular flexibility index (Phi) is 6.57. The highest BCUT2D eigenvalue weighted by molar-refractivity contribution is 6.05. The van der Waals surface area contributed by atoms with Gasteiger partial charge in [0.05, 0.1) is 6.54 Å². The summed E-state index contributed by atoms with van der Waals surface area (Å²) in [5.41, 5.74) is 2.25. The Morgan fingerprint density at radius 1 is 1.04 bits per heavy atom. The summed E-state index contributed by atoms with van der Waals surface area (Å²) in [7, 11) is 1.75. The molecular weight excluding hydrogens is 314 g/mol. The van der Waals surface area contributed by atoms with Gasteiger partial charge in [0.1, 0.15) is 0 Å². The number of nitrogens with zero attached hydrogens (tertiary/aromatic N) is 1. The lowest BCUT2D eigenvalue weighted by Gasteiger charge is -2.17. The van der Waals surface area contributed by atoms with Gasteiger partial charge in [-0.05, 0) is 49.7 Å². The highest BCUT2D eigenvalue weighted by Gasteiger charge is 2.13. The predicted octanol–water partition coefficient (Wildman–Crippen LogP) is 3.29. The second-order valence-electron chi connectivity index (χ2n) is 6.01. The van der Waals surface area contributed by atoms with Crippen LogP contribution in [0.3, 0.4) is 0 Å². The molecule has 5 heteroatoms. The fraction of sp³-hybridized carbons (Fsp3) is 0.300. The van der Waals surface area contributed by atoms with E-state index in [9.17, 15) is 9.59 Å². The van der Waals surface area contributed by atoms with Gasteiger partial charge in [-0.15, -0.1) is 0 Å². The molecule has 0 fully saturated rings. The molecule has 25 heavy (non-hydrogen) atoms. The summed E-state index contributed by atoms with van der Waals surface area (Å²) >= 11 is 0. The number of amides is 2. The fourth-order valence-corrected chi connectivity index (χ4v) is 2.30. The third kappa shape index (κ3) is 5.35. The minimum absolute atomic E-state index is 0.0432. The summed E-state index contributed by atoms with van der Waals surface area (Å²) < 4.78 is 0. The third-order valence-corrected chi connectivity index (χ3v) is 4.05. The normalized spacial score (nSPS) is 11.5. The number of rotatable bonds is 7. The standard InChI is InChI=1S/C20H25N3O2/c1-4-15(2)22-19(24)14-21-17-12-10-16(11-13-17)20(25)23(3)18-8-6-5-7-9-18/h5-13,15,21H,4,14H2,1-3H3,(H,22,24). The maximum Gasteiger partial charge on any atom is 0.258 e. The van der Waals surface area contributed by atoms with Gasteiger partial charge in [0, 0.05) is 30.0 Å². The molecule has 0 saturated carbocycles. The minimum Gasteiger partial charge on any atom is -0.376 e. The van der Waals surface area contributed by atoms with Crippen molar-refractivity contribution in [2.24, 2.45) is 0 Å². The number of benzene rings is 2. The molecule has 0 aliphatic carbocycles. The maximum absolute atomic E-state index is 12.5. The van der Waals surface area contributed by atoms with Crippen molar-refractivity contribution in [2.45, 2.75) is 26.3 Å². The van der Waals surface area contributed by atoms with Crippen LogP contribution in [0.5, 0.6) is 0 Å². The van der Waals surface area contributed by atoms with E-state index in [2.05, 4.69) is 10.6 Å². The second kappa shape index (κ2) is 8.87. The first-order valence-electron chi connectivity index (χ1n) is 8.47. The predicted molar refractivity (Wildman–Crippen MR) is 102 cm³/mol. The summed E-state index contributed by atoms with van der Waals surface area (Å²) in [5, 5.41) is 5.96. The van der Waals surface area contributed by atoms with Gasteiger partial charge < -0.3 is 15.5 Å². The van der Waals surface area contributed by atoms with Gasteiger partial charge in [0.25, 0.3) is 5.91 Å². The van der Waals surface area contributed by atoms with Gasteiger partial charge in [0.15, 0.2) is 0 Å². The molecule has 0 aromatic heterocycles. The van der Waals surface area contributed by atoms with Gasteiger partial charge in [0.2, 0.25) is 5.91 Å². The fourth-order valence-electron chi connectivity index (χ4n) is 2.30. The molecule has 2 aromatic rings. The van der Waals surface area contributed by atoms with Gasteiger partial charge in [-0.2, -0.15) is 0 Å². The van der Waals surface area contributed by atoms with Crippen LogP contribution in [0.1, 0.15) is 30.6 Å². The Morgan fingerprint density at radius 3 is 2.28 bits per heavy atom. The molecule has 2 rings (SSSR count). The van der Waals surface area contributed by atoms with E-state index in [0.717, 1.165) is 17.8 Å². The van der Waals surface area contributed by atoms with Crippen molar-refractivity contribution >= 4 is 23.2 Å². The number of nitrogens with one attached hydrogen (secondary N) is 2. The Hall–Kier alpha value is -2.82. The third-order valence-electron chi connectivity index (χ3n) is 4.05. The van der Waals surface area contributed by atoms with Gasteiger partial charge in [-0.25, -0.2) is 0 Å². The van der Waals surface area contributed by atoms with Crippen LogP contribution < -0.4 is 15.5 Å². The van der Waals surface area contributed by atoms with Crippen LogP contribution in [-0.2, 0) is 4.79 Å². The number of para-hydroxylation sites is 1. The van der Waals surface area contributed by atoms with E-state index in [0.29, 0.717) is 5.56 Å². The molecule has 132 valence electrons. The van der Waals surface area contributed by atoms with E-state index in [1.165, 1.54) is 0 Å². The van der Waals surface area contributed by atoms with E-state index in [-0.39, 0.29) is 24.4 Å². The molecule has 1 unspecified atom stereocenters. The summed E-state index contributed by atoms with van der Waals surface area (Å²) in [6, 6.07) is 16.8. The molecule has 2 amide bonds. The molecule has 0 bridgehead atoms. The first kappa shape index (κ1) is 18.5. The molecule has 2 N–H and O–H groups in total. The molecule has 0 radical (unpaired) electrons. The Morgan fingerprint density at radius 2 is 1.68 bits per heavy atom. The Labute approximate surface area is 149 Å². The number of hydrogen-bond acceptors (Lipinski definition) is 3. The van der Waals surface area contributed by atoms with Crippen molar-refractivity contribution < 1.29 is 9.59 Å². The van der Waals surface area contributed by atoms with Crippen molar-refractivity contribution in [3.63, 3.8) is 0 Å². The SMILES string of the molecule is CCC(C)NC(=O)CNc1ccc(C(=O)N(C)c2ccccc2)cc1. The summed E-state index contributed by atoms with van der Waals surface area (Å²) in [5.74, 6) is -0.120. The summed E-state index contributed by atoms with van der Waals surface area (Å²) in [6.45, 7) is 4.21. The first-order chi connectivity index (χ1) is 12.0. The molecule has 0 heterocycles. The molecule has 0 spiro atoms. The molecular formula is C20H25N3O2. The van der Waals surface area contributed by atoms with Crippen LogP contribution in [0.2, 0.25) is 0 Å².